The Kier molecular flexibility index (Phi) is 3.73. The number of carbonyl (C=O) groups is 2. The Bertz CT molecular complexity index is 938. The smallest absolute Gasteiger partial charge is 0.412 e. The van der Waals surface area contributed by atoms with Gasteiger partial charge in [0.05, 0.1) is 40.3 Å². The lowest BCUT2D eigenvalue weighted by atomic mass is 9.89. The van der Waals surface area contributed by atoms with Gasteiger partial charge < -0.3 is 14.7 Å². The van der Waals surface area contributed by atoms with E-state index < -0.39 is 23.5 Å². The number of nitrogens with one attached hydrogen (secondary N) is 1. The number of carboxylic acid groups (broad SMARTS) is 1. The summed E-state index contributed by atoms with van der Waals surface area (Å²) < 4.78 is 20.2. The van der Waals surface area contributed by atoms with Crippen molar-refractivity contribution in [3.8, 4) is 0 Å². The summed E-state index contributed by atoms with van der Waals surface area (Å²) in [7, 11) is 0. The van der Waals surface area contributed by atoms with E-state index in [-0.39, 0.29) is 22.7 Å². The molecule has 1 aromatic heterocycles. The lowest BCUT2D eigenvalue weighted by Gasteiger charge is -2.36. The average molecular weight is 378 g/mol. The monoisotopic (exact) mass is 377 g/mol. The number of aromatic nitrogens is 1. The van der Waals surface area contributed by atoms with E-state index in [0.717, 1.165) is 0 Å². The molecule has 0 radical (unpaired) electrons. The van der Waals surface area contributed by atoms with Gasteiger partial charge in [-0.2, -0.15) is 0 Å². The summed E-state index contributed by atoms with van der Waals surface area (Å²) in [5.41, 5.74) is -0.0797. The number of halogens is 2. The molecule has 1 atom stereocenters. The first-order chi connectivity index (χ1) is 12.4. The Hall–Kier alpha value is -2.87. The van der Waals surface area contributed by atoms with E-state index in [9.17, 15) is 14.0 Å². The van der Waals surface area contributed by atoms with Crippen LogP contribution in [0.25, 0.3) is 0 Å². The number of pyridine rings is 1. The molecule has 2 aromatic rings. The molecule has 2 aliphatic heterocycles. The van der Waals surface area contributed by atoms with Gasteiger partial charge in [-0.3, -0.25) is 10.3 Å². The highest BCUT2D eigenvalue weighted by atomic mass is 35.5. The van der Waals surface area contributed by atoms with Gasteiger partial charge in [0.25, 0.3) is 0 Å². The van der Waals surface area contributed by atoms with Crippen molar-refractivity contribution < 1.29 is 23.8 Å². The first-order valence-corrected chi connectivity index (χ1v) is 8.19. The van der Waals surface area contributed by atoms with E-state index >= 15 is 0 Å². The van der Waals surface area contributed by atoms with Crippen LogP contribution >= 0.6 is 11.6 Å². The third kappa shape index (κ3) is 2.53. The standard InChI is InChI=1S/C17H13ClFN3O4/c18-11-1-2-12-13(14(11)19)17(26-16(25)21-12)3-4-22(8-17)10-5-9(15(23)24)6-20-7-10/h1-2,5-7H,3-4,8H2,(H,21,25)(H,23,24)/t17-/m1/s1. The van der Waals surface area contributed by atoms with Gasteiger partial charge in [-0.15, -0.1) is 0 Å². The number of benzene rings is 1. The van der Waals surface area contributed by atoms with Crippen LogP contribution in [-0.4, -0.2) is 35.2 Å². The molecule has 0 unspecified atom stereocenters. The Labute approximate surface area is 152 Å². The predicted molar refractivity (Wildman–Crippen MR) is 91.2 cm³/mol. The van der Waals surface area contributed by atoms with Gasteiger partial charge >= 0.3 is 12.1 Å². The lowest BCUT2D eigenvalue weighted by Crippen LogP contribution is -2.42. The lowest BCUT2D eigenvalue weighted by molar-refractivity contribution is 0.0264. The number of fused-ring (bicyclic) bond motifs is 2. The minimum atomic E-state index is -1.20. The van der Waals surface area contributed by atoms with Crippen molar-refractivity contribution in [3.05, 3.63) is 52.6 Å². The molecule has 2 N–H and O–H groups in total. The third-order valence-electron chi connectivity index (χ3n) is 4.64. The Morgan fingerprint density at radius 1 is 1.42 bits per heavy atom. The number of aromatic carboxylic acids is 1. The van der Waals surface area contributed by atoms with Gasteiger partial charge in [0.15, 0.2) is 11.4 Å². The van der Waals surface area contributed by atoms with Crippen LogP contribution < -0.4 is 10.2 Å². The molecule has 9 heteroatoms. The van der Waals surface area contributed by atoms with E-state index in [1.165, 1.54) is 30.6 Å². The van der Waals surface area contributed by atoms with Crippen LogP contribution in [0.15, 0.2) is 30.6 Å². The third-order valence-corrected chi connectivity index (χ3v) is 4.93. The van der Waals surface area contributed by atoms with E-state index in [0.29, 0.717) is 24.3 Å². The molecule has 134 valence electrons. The fourth-order valence-corrected chi connectivity index (χ4v) is 3.63. The number of hydrogen-bond donors (Lipinski definition) is 2. The number of rotatable bonds is 2. The summed E-state index contributed by atoms with van der Waals surface area (Å²) in [5, 5.41) is 11.6. The van der Waals surface area contributed by atoms with Crippen molar-refractivity contribution >= 4 is 35.0 Å². The largest absolute Gasteiger partial charge is 0.478 e. The van der Waals surface area contributed by atoms with Crippen LogP contribution in [0, 0.1) is 5.82 Å². The second kappa shape index (κ2) is 5.84. The Morgan fingerprint density at radius 2 is 2.23 bits per heavy atom. The molecule has 0 saturated carbocycles. The number of carbonyl (C=O) groups excluding carboxylic acids is 1. The maximum Gasteiger partial charge on any atom is 0.412 e. The molecule has 1 amide bonds. The molecular formula is C17H13ClFN3O4. The zero-order valence-corrected chi connectivity index (χ0v) is 14.1. The number of hydrogen-bond acceptors (Lipinski definition) is 5. The van der Waals surface area contributed by atoms with Crippen molar-refractivity contribution in [3.63, 3.8) is 0 Å². The zero-order chi connectivity index (χ0) is 18.5. The zero-order valence-electron chi connectivity index (χ0n) is 13.3. The van der Waals surface area contributed by atoms with Gasteiger partial charge in [0.1, 0.15) is 0 Å². The van der Waals surface area contributed by atoms with Crippen LogP contribution in [-0.2, 0) is 10.3 Å². The van der Waals surface area contributed by atoms with Crippen molar-refractivity contribution in [2.24, 2.45) is 0 Å². The van der Waals surface area contributed by atoms with E-state index in [1.807, 2.05) is 4.90 Å². The van der Waals surface area contributed by atoms with Crippen LogP contribution in [0.4, 0.5) is 20.6 Å². The van der Waals surface area contributed by atoms with Crippen molar-refractivity contribution in [1.82, 2.24) is 4.98 Å². The highest BCUT2D eigenvalue weighted by molar-refractivity contribution is 6.31. The molecule has 3 heterocycles. The maximum absolute atomic E-state index is 14.7. The fraction of sp³-hybridized carbons (Fsp3) is 0.235. The van der Waals surface area contributed by atoms with Crippen LogP contribution in [0.1, 0.15) is 22.3 Å². The summed E-state index contributed by atoms with van der Waals surface area (Å²) in [6, 6.07) is 4.40. The molecular weight excluding hydrogens is 365 g/mol. The van der Waals surface area contributed by atoms with E-state index in [1.54, 1.807) is 0 Å². The van der Waals surface area contributed by atoms with E-state index in [2.05, 4.69) is 10.3 Å². The average Bonchev–Trinajstić information content (AvgIpc) is 3.02. The van der Waals surface area contributed by atoms with Gasteiger partial charge in [-0.1, -0.05) is 11.6 Å². The SMILES string of the molecule is O=C1Nc2ccc(Cl)c(F)c2[C@]2(CCN(c3cncc(C(=O)O)c3)C2)O1. The van der Waals surface area contributed by atoms with Gasteiger partial charge in [0.2, 0.25) is 0 Å². The van der Waals surface area contributed by atoms with Gasteiger partial charge in [0, 0.05) is 19.2 Å². The second-order valence-electron chi connectivity index (χ2n) is 6.20. The minimum Gasteiger partial charge on any atom is -0.478 e. The molecule has 7 nitrogen and oxygen atoms in total. The van der Waals surface area contributed by atoms with Crippen LogP contribution in [0.5, 0.6) is 0 Å². The van der Waals surface area contributed by atoms with Crippen LogP contribution in [0.3, 0.4) is 0 Å². The summed E-state index contributed by atoms with van der Waals surface area (Å²) in [6.45, 7) is 0.596. The predicted octanol–water partition coefficient (Wildman–Crippen LogP) is 3.24. The van der Waals surface area contributed by atoms with Gasteiger partial charge in [-0.25, -0.2) is 14.0 Å². The number of amides is 1. The highest BCUT2D eigenvalue weighted by Gasteiger charge is 2.49. The summed E-state index contributed by atoms with van der Waals surface area (Å²) in [5.74, 6) is -1.73. The molecule has 2 aliphatic rings. The summed E-state index contributed by atoms with van der Waals surface area (Å²) >= 11 is 5.92. The summed E-state index contributed by atoms with van der Waals surface area (Å²) in [6.07, 6.45) is 2.43. The molecule has 1 saturated heterocycles. The quantitative estimate of drug-likeness (QED) is 0.834. The van der Waals surface area contributed by atoms with Gasteiger partial charge in [-0.05, 0) is 18.2 Å². The van der Waals surface area contributed by atoms with Crippen molar-refractivity contribution in [2.45, 2.75) is 12.0 Å². The van der Waals surface area contributed by atoms with Crippen molar-refractivity contribution in [2.75, 3.05) is 23.3 Å². The number of carboxylic acids is 1. The minimum absolute atomic E-state index is 0.0420. The first-order valence-electron chi connectivity index (χ1n) is 7.81. The normalized spacial score (nSPS) is 21.3. The molecule has 1 aromatic carbocycles. The maximum atomic E-state index is 14.7. The summed E-state index contributed by atoms with van der Waals surface area (Å²) in [4.78, 5) is 28.9. The fourth-order valence-electron chi connectivity index (χ4n) is 3.47. The highest BCUT2D eigenvalue weighted by Crippen LogP contribution is 2.46. The number of ether oxygens (including phenoxy) is 1. The topological polar surface area (TPSA) is 91.8 Å². The Morgan fingerprint density at radius 3 is 3.00 bits per heavy atom. The first kappa shape index (κ1) is 16.6. The molecule has 26 heavy (non-hydrogen) atoms. The molecule has 1 fully saturated rings. The number of nitrogens with zero attached hydrogens (tertiary/aromatic N) is 2. The molecule has 0 bridgehead atoms. The van der Waals surface area contributed by atoms with E-state index in [4.69, 9.17) is 21.4 Å². The molecule has 1 spiro atoms. The van der Waals surface area contributed by atoms with Crippen molar-refractivity contribution in [1.29, 1.82) is 0 Å². The Balaban J connectivity index is 1.74. The molecule has 0 aliphatic carbocycles. The molecule has 4 rings (SSSR count). The second-order valence-corrected chi connectivity index (χ2v) is 6.61. The number of anilines is 2. The van der Waals surface area contributed by atoms with Crippen LogP contribution in [0.2, 0.25) is 5.02 Å².